The lowest BCUT2D eigenvalue weighted by atomic mass is 9.91. The molecule has 0 aromatic heterocycles. The Morgan fingerprint density at radius 3 is 2.57 bits per heavy atom. The van der Waals surface area contributed by atoms with Crippen LogP contribution in [0.4, 0.5) is 4.79 Å². The van der Waals surface area contributed by atoms with E-state index < -0.39 is 12.0 Å². The monoisotopic (exact) mass is 382 g/mol. The molecule has 0 radical (unpaired) electrons. The van der Waals surface area contributed by atoms with Gasteiger partial charge in [0.2, 0.25) is 0 Å². The maximum atomic E-state index is 12.3. The highest BCUT2D eigenvalue weighted by atomic mass is 79.9. The van der Waals surface area contributed by atoms with E-state index >= 15 is 0 Å². The minimum absolute atomic E-state index is 0.0456. The lowest BCUT2D eigenvalue weighted by molar-refractivity contribution is -0.136. The number of rotatable bonds is 4. The Morgan fingerprint density at radius 1 is 1.30 bits per heavy atom. The van der Waals surface area contributed by atoms with E-state index in [0.29, 0.717) is 22.6 Å². The van der Waals surface area contributed by atoms with Crippen LogP contribution in [0.15, 0.2) is 33.9 Å². The summed E-state index contributed by atoms with van der Waals surface area (Å²) in [5, 5.41) is 5.48. The molecule has 0 spiro atoms. The molecular formula is C16H19BrN2O4. The quantitative estimate of drug-likeness (QED) is 0.784. The van der Waals surface area contributed by atoms with Crippen molar-refractivity contribution in [2.24, 2.45) is 5.92 Å². The van der Waals surface area contributed by atoms with Crippen LogP contribution in [0, 0.1) is 5.92 Å². The fourth-order valence-electron chi connectivity index (χ4n) is 2.54. The molecule has 124 valence electrons. The minimum Gasteiger partial charge on any atom is -0.496 e. The van der Waals surface area contributed by atoms with Gasteiger partial charge in [-0.25, -0.2) is 9.59 Å². The first-order valence-electron chi connectivity index (χ1n) is 7.12. The third-order valence-electron chi connectivity index (χ3n) is 3.59. The van der Waals surface area contributed by atoms with Crippen molar-refractivity contribution in [1.82, 2.24) is 10.6 Å². The molecule has 6 nitrogen and oxygen atoms in total. The number of hydrogen-bond donors (Lipinski definition) is 2. The first-order chi connectivity index (χ1) is 10.9. The zero-order valence-corrected chi connectivity index (χ0v) is 15.0. The molecule has 1 heterocycles. The molecular weight excluding hydrogens is 364 g/mol. The van der Waals surface area contributed by atoms with Crippen LogP contribution < -0.4 is 15.4 Å². The number of nitrogens with one attached hydrogen (secondary N) is 2. The zero-order valence-electron chi connectivity index (χ0n) is 13.4. The van der Waals surface area contributed by atoms with Crippen LogP contribution in [-0.2, 0) is 9.53 Å². The van der Waals surface area contributed by atoms with Crippen LogP contribution in [-0.4, -0.2) is 26.2 Å². The molecule has 1 aliphatic rings. The van der Waals surface area contributed by atoms with E-state index in [-0.39, 0.29) is 11.9 Å². The maximum absolute atomic E-state index is 12.3. The van der Waals surface area contributed by atoms with Gasteiger partial charge in [-0.05, 0) is 24.1 Å². The fourth-order valence-corrected chi connectivity index (χ4v) is 2.92. The van der Waals surface area contributed by atoms with Gasteiger partial charge in [0.15, 0.2) is 0 Å². The number of carbonyl (C=O) groups is 2. The van der Waals surface area contributed by atoms with Gasteiger partial charge in [-0.15, -0.1) is 0 Å². The van der Waals surface area contributed by atoms with Gasteiger partial charge in [0.25, 0.3) is 0 Å². The summed E-state index contributed by atoms with van der Waals surface area (Å²) < 4.78 is 11.1. The van der Waals surface area contributed by atoms with Crippen molar-refractivity contribution >= 4 is 27.9 Å². The molecule has 1 atom stereocenters. The van der Waals surface area contributed by atoms with Crippen molar-refractivity contribution in [3.05, 3.63) is 39.5 Å². The normalized spacial score (nSPS) is 17.7. The van der Waals surface area contributed by atoms with Gasteiger partial charge in [0.1, 0.15) is 5.75 Å². The second-order valence-corrected chi connectivity index (χ2v) is 6.31. The molecule has 1 aromatic carbocycles. The number of ether oxygens (including phenoxy) is 2. The van der Waals surface area contributed by atoms with Crippen LogP contribution in [0.2, 0.25) is 0 Å². The smallest absolute Gasteiger partial charge is 0.337 e. The molecule has 0 fully saturated rings. The van der Waals surface area contributed by atoms with E-state index in [0.717, 1.165) is 4.47 Å². The lowest BCUT2D eigenvalue weighted by Gasteiger charge is -2.31. The van der Waals surface area contributed by atoms with Crippen molar-refractivity contribution < 1.29 is 19.1 Å². The molecule has 2 N–H and O–H groups in total. The Labute approximate surface area is 143 Å². The number of allylic oxidation sites excluding steroid dienone is 1. The van der Waals surface area contributed by atoms with Crippen LogP contribution >= 0.6 is 15.9 Å². The predicted molar refractivity (Wildman–Crippen MR) is 89.0 cm³/mol. The van der Waals surface area contributed by atoms with E-state index in [9.17, 15) is 9.59 Å². The molecule has 0 bridgehead atoms. The highest BCUT2D eigenvalue weighted by molar-refractivity contribution is 9.10. The number of urea groups is 1. The van der Waals surface area contributed by atoms with E-state index in [1.165, 1.54) is 7.11 Å². The third kappa shape index (κ3) is 3.50. The number of methoxy groups -OCH3 is 2. The highest BCUT2D eigenvalue weighted by Gasteiger charge is 2.35. The molecule has 7 heteroatoms. The van der Waals surface area contributed by atoms with Crippen molar-refractivity contribution in [1.29, 1.82) is 0 Å². The fraction of sp³-hybridized carbons (Fsp3) is 0.375. The van der Waals surface area contributed by atoms with E-state index in [1.54, 1.807) is 13.2 Å². The van der Waals surface area contributed by atoms with Crippen LogP contribution in [0.1, 0.15) is 25.5 Å². The summed E-state index contributed by atoms with van der Waals surface area (Å²) >= 11 is 3.41. The summed E-state index contributed by atoms with van der Waals surface area (Å²) in [7, 11) is 2.86. The van der Waals surface area contributed by atoms with E-state index in [2.05, 4.69) is 26.6 Å². The first-order valence-corrected chi connectivity index (χ1v) is 7.91. The minimum atomic E-state index is -0.652. The molecule has 0 saturated heterocycles. The molecule has 0 saturated carbocycles. The highest BCUT2D eigenvalue weighted by Crippen LogP contribution is 2.36. The van der Waals surface area contributed by atoms with E-state index in [4.69, 9.17) is 9.47 Å². The molecule has 2 amide bonds. The van der Waals surface area contributed by atoms with Gasteiger partial charge in [0.05, 0.1) is 25.8 Å². The largest absolute Gasteiger partial charge is 0.496 e. The summed E-state index contributed by atoms with van der Waals surface area (Å²) in [4.78, 5) is 24.4. The van der Waals surface area contributed by atoms with Gasteiger partial charge in [0, 0.05) is 15.7 Å². The lowest BCUT2D eigenvalue weighted by Crippen LogP contribution is -2.47. The Kier molecular flexibility index (Phi) is 5.30. The van der Waals surface area contributed by atoms with Crippen molar-refractivity contribution in [2.75, 3.05) is 14.2 Å². The summed E-state index contributed by atoms with van der Waals surface area (Å²) in [6.07, 6.45) is 0. The predicted octanol–water partition coefficient (Wildman–Crippen LogP) is 2.89. The standard InChI is InChI=1S/C16H19BrN2O4/c1-8(2)13-12(15(20)23-4)14(19-16(21)18-13)10-7-9(17)5-6-11(10)22-3/h5-8,14H,1-4H3,(H2,18,19,21). The molecule has 23 heavy (non-hydrogen) atoms. The van der Waals surface area contributed by atoms with Gasteiger partial charge < -0.3 is 20.1 Å². The van der Waals surface area contributed by atoms with Gasteiger partial charge in [-0.2, -0.15) is 0 Å². The second kappa shape index (κ2) is 7.04. The Morgan fingerprint density at radius 2 is 2.00 bits per heavy atom. The zero-order chi connectivity index (χ0) is 17.1. The molecule has 1 aliphatic heterocycles. The number of amides is 2. The summed E-state index contributed by atoms with van der Waals surface area (Å²) in [5.74, 6) is 0.0361. The van der Waals surface area contributed by atoms with Crippen LogP contribution in [0.25, 0.3) is 0 Å². The average molecular weight is 383 g/mol. The van der Waals surface area contributed by atoms with Gasteiger partial charge >= 0.3 is 12.0 Å². The SMILES string of the molecule is COC(=O)C1=C(C(C)C)NC(=O)NC1c1cc(Br)ccc1OC. The van der Waals surface area contributed by atoms with Crippen LogP contribution in [0.5, 0.6) is 5.75 Å². The summed E-state index contributed by atoms with van der Waals surface area (Å²) in [6.45, 7) is 3.80. The first kappa shape index (κ1) is 17.3. The van der Waals surface area contributed by atoms with E-state index in [1.807, 2.05) is 26.0 Å². The van der Waals surface area contributed by atoms with Crippen molar-refractivity contribution in [3.63, 3.8) is 0 Å². The number of esters is 1. The number of carbonyl (C=O) groups excluding carboxylic acids is 2. The maximum Gasteiger partial charge on any atom is 0.337 e. The molecule has 1 aromatic rings. The van der Waals surface area contributed by atoms with Gasteiger partial charge in [-0.3, -0.25) is 0 Å². The topological polar surface area (TPSA) is 76.7 Å². The molecule has 0 aliphatic carbocycles. The van der Waals surface area contributed by atoms with Crippen molar-refractivity contribution in [2.45, 2.75) is 19.9 Å². The Bertz CT molecular complexity index is 670. The Hall–Kier alpha value is -2.02. The summed E-state index contributed by atoms with van der Waals surface area (Å²) in [5.41, 5.74) is 1.60. The van der Waals surface area contributed by atoms with Crippen LogP contribution in [0.3, 0.4) is 0 Å². The number of hydrogen-bond acceptors (Lipinski definition) is 4. The number of halogens is 1. The second-order valence-electron chi connectivity index (χ2n) is 5.39. The number of benzene rings is 1. The average Bonchev–Trinajstić information content (AvgIpc) is 2.53. The molecule has 2 rings (SSSR count). The molecule has 1 unspecified atom stereocenters. The van der Waals surface area contributed by atoms with Gasteiger partial charge in [-0.1, -0.05) is 29.8 Å². The summed E-state index contributed by atoms with van der Waals surface area (Å²) in [6, 6.07) is 4.40. The van der Waals surface area contributed by atoms with Crippen molar-refractivity contribution in [3.8, 4) is 5.75 Å². The third-order valence-corrected chi connectivity index (χ3v) is 4.08. The Balaban J connectivity index is 2.67.